The number of anilines is 1. The van der Waals surface area contributed by atoms with Crippen LogP contribution in [0.3, 0.4) is 0 Å². The molecular formula is C26H46BrN3O2. The first-order valence-electron chi connectivity index (χ1n) is 12.5. The van der Waals surface area contributed by atoms with Crippen molar-refractivity contribution in [3.8, 4) is 0 Å². The van der Waals surface area contributed by atoms with Crippen LogP contribution in [-0.2, 0) is 4.74 Å². The van der Waals surface area contributed by atoms with Crippen molar-refractivity contribution in [3.05, 3.63) is 29.8 Å². The summed E-state index contributed by atoms with van der Waals surface area (Å²) in [6.45, 7) is 7.82. The predicted octanol–water partition coefficient (Wildman–Crippen LogP) is 2.21. The van der Waals surface area contributed by atoms with E-state index in [9.17, 15) is 4.79 Å². The van der Waals surface area contributed by atoms with Gasteiger partial charge in [0.1, 0.15) is 13.2 Å². The summed E-state index contributed by atoms with van der Waals surface area (Å²) in [6.07, 6.45) is 13.7. The van der Waals surface area contributed by atoms with Crippen LogP contribution in [-0.4, -0.2) is 64.0 Å². The van der Waals surface area contributed by atoms with Crippen molar-refractivity contribution in [3.63, 3.8) is 0 Å². The van der Waals surface area contributed by atoms with E-state index in [1.165, 1.54) is 70.8 Å². The second-order valence-corrected chi connectivity index (χ2v) is 9.43. The maximum Gasteiger partial charge on any atom is 0.251 e. The minimum absolute atomic E-state index is 0. The Labute approximate surface area is 207 Å². The number of halogens is 1. The van der Waals surface area contributed by atoms with Gasteiger partial charge in [0, 0.05) is 25.3 Å². The second kappa shape index (κ2) is 16.5. The number of hydrogen-bond acceptors (Lipinski definition) is 3. The zero-order valence-electron chi connectivity index (χ0n) is 20.7. The van der Waals surface area contributed by atoms with Gasteiger partial charge in [-0.25, -0.2) is 0 Å². The van der Waals surface area contributed by atoms with Gasteiger partial charge in [0.15, 0.2) is 6.73 Å². The van der Waals surface area contributed by atoms with E-state index in [0.717, 1.165) is 42.2 Å². The second-order valence-electron chi connectivity index (χ2n) is 9.43. The zero-order valence-corrected chi connectivity index (χ0v) is 22.3. The standard InChI is InChI=1S/C26H45N3O2.BrH/c1-4-5-6-7-8-9-10-11-12-13-19-29(21-22-31-23-29)20-18-27-26(30)24-14-16-25(17-15-24)28(2)3;/h14-17H,4-13,18-23H2,1-3H3;1H. The molecule has 1 aliphatic rings. The molecule has 0 saturated carbocycles. The van der Waals surface area contributed by atoms with Crippen LogP contribution in [0.15, 0.2) is 24.3 Å². The third-order valence-electron chi connectivity index (χ3n) is 6.58. The molecular weight excluding hydrogens is 466 g/mol. The van der Waals surface area contributed by atoms with Gasteiger partial charge in [0.25, 0.3) is 5.91 Å². The van der Waals surface area contributed by atoms with Gasteiger partial charge in [0.2, 0.25) is 0 Å². The van der Waals surface area contributed by atoms with Gasteiger partial charge >= 0.3 is 0 Å². The number of ether oxygens (including phenoxy) is 1. The molecule has 1 aromatic rings. The van der Waals surface area contributed by atoms with E-state index in [0.29, 0.717) is 6.54 Å². The van der Waals surface area contributed by atoms with Gasteiger partial charge in [-0.05, 0) is 37.1 Å². The van der Waals surface area contributed by atoms with Crippen LogP contribution in [0.2, 0.25) is 0 Å². The monoisotopic (exact) mass is 511 g/mol. The molecule has 1 aliphatic heterocycles. The summed E-state index contributed by atoms with van der Waals surface area (Å²) >= 11 is 0. The summed E-state index contributed by atoms with van der Waals surface area (Å²) in [5, 5.41) is 3.11. The van der Waals surface area contributed by atoms with E-state index in [1.807, 2.05) is 43.3 Å². The molecule has 1 unspecified atom stereocenters. The maximum absolute atomic E-state index is 12.5. The van der Waals surface area contributed by atoms with E-state index in [-0.39, 0.29) is 22.9 Å². The Balaban J connectivity index is 0.00000512. The first kappa shape index (κ1) is 28.9. The third kappa shape index (κ3) is 10.7. The Hall–Kier alpha value is -1.11. The highest BCUT2D eigenvalue weighted by atomic mass is 79.9. The van der Waals surface area contributed by atoms with Crippen molar-refractivity contribution in [2.45, 2.75) is 71.1 Å². The fraction of sp³-hybridized carbons (Fsp3) is 0.731. The lowest BCUT2D eigenvalue weighted by molar-refractivity contribution is -0.924. The SMILES string of the molecule is CCCCCCCCCCCC[N+]1(CCNC(=O)c2ccc(N(C)C)cc2)CCOC1.[Br-]. The molecule has 1 N–H and O–H groups in total. The fourth-order valence-corrected chi connectivity index (χ4v) is 4.40. The summed E-state index contributed by atoms with van der Waals surface area (Å²) in [5.74, 6) is 0.0162. The van der Waals surface area contributed by atoms with Gasteiger partial charge in [0.05, 0.1) is 19.6 Å². The molecule has 2 rings (SSSR count). The largest absolute Gasteiger partial charge is 1.00 e. The Morgan fingerprint density at radius 3 is 2.06 bits per heavy atom. The molecule has 1 atom stereocenters. The molecule has 1 aromatic carbocycles. The van der Waals surface area contributed by atoms with E-state index >= 15 is 0 Å². The first-order valence-corrected chi connectivity index (χ1v) is 12.5. The van der Waals surface area contributed by atoms with Crippen LogP contribution in [0.25, 0.3) is 0 Å². The lowest BCUT2D eigenvalue weighted by atomic mass is 10.1. The Bertz CT molecular complexity index is 616. The van der Waals surface area contributed by atoms with Crippen molar-refractivity contribution in [2.75, 3.05) is 58.5 Å². The van der Waals surface area contributed by atoms with Gasteiger partial charge in [-0.1, -0.05) is 58.3 Å². The smallest absolute Gasteiger partial charge is 0.251 e. The highest BCUT2D eigenvalue weighted by Gasteiger charge is 2.31. The molecule has 1 fully saturated rings. The van der Waals surface area contributed by atoms with Crippen molar-refractivity contribution >= 4 is 11.6 Å². The molecule has 1 saturated heterocycles. The maximum atomic E-state index is 12.5. The molecule has 32 heavy (non-hydrogen) atoms. The topological polar surface area (TPSA) is 41.6 Å². The van der Waals surface area contributed by atoms with E-state index < -0.39 is 0 Å². The van der Waals surface area contributed by atoms with Gasteiger partial charge in [-0.2, -0.15) is 0 Å². The van der Waals surface area contributed by atoms with Crippen molar-refractivity contribution < 1.29 is 31.0 Å². The summed E-state index contributed by atoms with van der Waals surface area (Å²) in [5.41, 5.74) is 1.83. The van der Waals surface area contributed by atoms with Gasteiger partial charge in [-0.15, -0.1) is 0 Å². The molecule has 1 heterocycles. The summed E-state index contributed by atoms with van der Waals surface area (Å²) in [7, 11) is 4.01. The number of carbonyl (C=O) groups excluding carboxylic acids is 1. The quantitative estimate of drug-likeness (QED) is 0.273. The predicted molar refractivity (Wildman–Crippen MR) is 131 cm³/mol. The van der Waals surface area contributed by atoms with E-state index in [1.54, 1.807) is 0 Å². The van der Waals surface area contributed by atoms with Crippen LogP contribution in [0, 0.1) is 0 Å². The van der Waals surface area contributed by atoms with Crippen molar-refractivity contribution in [2.24, 2.45) is 0 Å². The minimum Gasteiger partial charge on any atom is -1.00 e. The molecule has 1 amide bonds. The molecule has 0 radical (unpaired) electrons. The number of rotatable bonds is 16. The van der Waals surface area contributed by atoms with Crippen LogP contribution in [0.1, 0.15) is 81.5 Å². The number of quaternary nitrogens is 1. The van der Waals surface area contributed by atoms with Crippen molar-refractivity contribution in [1.29, 1.82) is 0 Å². The lowest BCUT2D eigenvalue weighted by Crippen LogP contribution is -3.00. The Morgan fingerprint density at radius 2 is 1.53 bits per heavy atom. The summed E-state index contributed by atoms with van der Waals surface area (Å²) < 4.78 is 6.73. The highest BCUT2D eigenvalue weighted by molar-refractivity contribution is 5.94. The molecule has 0 aromatic heterocycles. The van der Waals surface area contributed by atoms with Crippen LogP contribution in [0.4, 0.5) is 5.69 Å². The normalized spacial score (nSPS) is 17.7. The average Bonchev–Trinajstić information content (AvgIpc) is 3.24. The Morgan fingerprint density at radius 1 is 0.938 bits per heavy atom. The molecule has 0 spiro atoms. The van der Waals surface area contributed by atoms with Crippen LogP contribution < -0.4 is 27.2 Å². The Kier molecular flexibility index (Phi) is 14.9. The molecule has 5 nitrogen and oxygen atoms in total. The number of hydrogen-bond donors (Lipinski definition) is 1. The zero-order chi connectivity index (χ0) is 22.4. The molecule has 0 aliphatic carbocycles. The van der Waals surface area contributed by atoms with Gasteiger partial charge in [-0.3, -0.25) is 9.28 Å². The molecule has 0 bridgehead atoms. The van der Waals surface area contributed by atoms with Crippen molar-refractivity contribution in [1.82, 2.24) is 5.32 Å². The third-order valence-corrected chi connectivity index (χ3v) is 6.58. The van der Waals surface area contributed by atoms with Gasteiger partial charge < -0.3 is 31.9 Å². The molecule has 6 heteroatoms. The van der Waals surface area contributed by atoms with Crippen LogP contribution in [0.5, 0.6) is 0 Å². The number of nitrogens with zero attached hydrogens (tertiary/aromatic N) is 2. The van der Waals surface area contributed by atoms with E-state index in [4.69, 9.17) is 4.74 Å². The number of nitrogens with one attached hydrogen (secondary N) is 1. The highest BCUT2D eigenvalue weighted by Crippen LogP contribution is 2.17. The average molecular weight is 513 g/mol. The lowest BCUT2D eigenvalue weighted by Gasteiger charge is -2.32. The number of benzene rings is 1. The number of amides is 1. The first-order chi connectivity index (χ1) is 15.1. The minimum atomic E-state index is 0. The number of unbranched alkanes of at least 4 members (excludes halogenated alkanes) is 9. The van der Waals surface area contributed by atoms with E-state index in [2.05, 4.69) is 12.2 Å². The number of carbonyl (C=O) groups is 1. The van der Waals surface area contributed by atoms with Crippen LogP contribution >= 0.6 is 0 Å². The molecule has 184 valence electrons. The fourth-order valence-electron chi connectivity index (χ4n) is 4.40. The summed E-state index contributed by atoms with van der Waals surface area (Å²) in [4.78, 5) is 14.5. The summed E-state index contributed by atoms with van der Waals surface area (Å²) in [6, 6.07) is 7.78.